The van der Waals surface area contributed by atoms with Gasteiger partial charge in [-0.1, -0.05) is 6.42 Å². The molecule has 2 aliphatic carbocycles. The van der Waals surface area contributed by atoms with Gasteiger partial charge in [0.15, 0.2) is 0 Å². The molecule has 1 saturated heterocycles. The van der Waals surface area contributed by atoms with E-state index in [1.165, 1.54) is 19.3 Å². The number of nitrogens with two attached hydrogens (primary N) is 1. The first-order chi connectivity index (χ1) is 8.81. The van der Waals surface area contributed by atoms with Gasteiger partial charge in [-0.2, -0.15) is 0 Å². The van der Waals surface area contributed by atoms with Crippen molar-refractivity contribution in [1.82, 2.24) is 9.80 Å². The molecule has 102 valence electrons. The molecule has 0 spiro atoms. The van der Waals surface area contributed by atoms with E-state index in [2.05, 4.69) is 9.80 Å². The third kappa shape index (κ3) is 2.28. The minimum absolute atomic E-state index is 0.403. The van der Waals surface area contributed by atoms with Crippen LogP contribution in [-0.4, -0.2) is 55.0 Å². The average molecular weight is 251 g/mol. The SMILES string of the molecule is NCCN1CCCN(C(=O)C2C3CCCC32)CC1. The number of nitrogens with zero attached hydrogens (tertiary/aromatic N) is 2. The standard InChI is InChI=1S/C14H25N3O/c15-5-8-16-6-2-7-17(10-9-16)14(18)13-11-3-1-4-12(11)13/h11-13H,1-10,15H2. The van der Waals surface area contributed by atoms with Crippen molar-refractivity contribution in [3.05, 3.63) is 0 Å². The molecule has 2 saturated carbocycles. The quantitative estimate of drug-likeness (QED) is 0.796. The Hall–Kier alpha value is -0.610. The molecule has 1 aliphatic heterocycles. The maximum atomic E-state index is 12.5. The first kappa shape index (κ1) is 12.4. The van der Waals surface area contributed by atoms with E-state index < -0.39 is 0 Å². The number of carbonyl (C=O) groups is 1. The topological polar surface area (TPSA) is 49.6 Å². The van der Waals surface area contributed by atoms with Crippen LogP contribution in [0.3, 0.4) is 0 Å². The van der Waals surface area contributed by atoms with Crippen LogP contribution in [0.5, 0.6) is 0 Å². The summed E-state index contributed by atoms with van der Waals surface area (Å²) in [6, 6.07) is 0. The zero-order valence-electron chi connectivity index (χ0n) is 11.2. The molecule has 4 heteroatoms. The largest absolute Gasteiger partial charge is 0.341 e. The third-order valence-electron chi connectivity index (χ3n) is 5.04. The van der Waals surface area contributed by atoms with Gasteiger partial charge in [0.2, 0.25) is 5.91 Å². The number of carbonyl (C=O) groups excluding carboxylic acids is 1. The fraction of sp³-hybridized carbons (Fsp3) is 0.929. The molecule has 0 aromatic rings. The van der Waals surface area contributed by atoms with Gasteiger partial charge in [-0.25, -0.2) is 0 Å². The summed E-state index contributed by atoms with van der Waals surface area (Å²) in [6.45, 7) is 5.66. The maximum Gasteiger partial charge on any atom is 0.226 e. The van der Waals surface area contributed by atoms with E-state index in [0.717, 1.165) is 57.5 Å². The lowest BCUT2D eigenvalue weighted by atomic mass is 10.1. The van der Waals surface area contributed by atoms with Gasteiger partial charge < -0.3 is 15.5 Å². The smallest absolute Gasteiger partial charge is 0.226 e. The fourth-order valence-corrected chi connectivity index (χ4v) is 4.00. The van der Waals surface area contributed by atoms with Crippen LogP contribution < -0.4 is 5.73 Å². The molecule has 0 radical (unpaired) electrons. The summed E-state index contributed by atoms with van der Waals surface area (Å²) in [5.41, 5.74) is 5.60. The Morgan fingerprint density at radius 1 is 1.06 bits per heavy atom. The molecule has 2 atom stereocenters. The van der Waals surface area contributed by atoms with Crippen molar-refractivity contribution in [1.29, 1.82) is 0 Å². The summed E-state index contributed by atoms with van der Waals surface area (Å²) in [7, 11) is 0. The van der Waals surface area contributed by atoms with Gasteiger partial charge in [0, 0.05) is 38.6 Å². The molecule has 0 bridgehead atoms. The molecule has 3 fully saturated rings. The Labute approximate surface area is 109 Å². The van der Waals surface area contributed by atoms with Crippen molar-refractivity contribution in [3.63, 3.8) is 0 Å². The monoisotopic (exact) mass is 251 g/mol. The van der Waals surface area contributed by atoms with Gasteiger partial charge in [0.25, 0.3) is 0 Å². The molecule has 2 unspecified atom stereocenters. The molecule has 1 amide bonds. The van der Waals surface area contributed by atoms with Crippen LogP contribution in [0.4, 0.5) is 0 Å². The molecular weight excluding hydrogens is 226 g/mol. The number of fused-ring (bicyclic) bond motifs is 1. The minimum Gasteiger partial charge on any atom is -0.341 e. The van der Waals surface area contributed by atoms with Crippen molar-refractivity contribution in [2.24, 2.45) is 23.5 Å². The van der Waals surface area contributed by atoms with Gasteiger partial charge in [-0.3, -0.25) is 4.79 Å². The number of hydrogen-bond donors (Lipinski definition) is 1. The zero-order chi connectivity index (χ0) is 12.5. The average Bonchev–Trinajstić information content (AvgIpc) is 2.96. The van der Waals surface area contributed by atoms with Crippen LogP contribution in [-0.2, 0) is 4.79 Å². The molecule has 1 heterocycles. The molecule has 3 aliphatic rings. The van der Waals surface area contributed by atoms with E-state index >= 15 is 0 Å². The predicted molar refractivity (Wildman–Crippen MR) is 71.0 cm³/mol. The third-order valence-corrected chi connectivity index (χ3v) is 5.04. The van der Waals surface area contributed by atoms with Crippen LogP contribution in [0.15, 0.2) is 0 Å². The second kappa shape index (κ2) is 5.17. The highest BCUT2D eigenvalue weighted by molar-refractivity contribution is 5.82. The highest BCUT2D eigenvalue weighted by atomic mass is 16.2. The summed E-state index contributed by atoms with van der Waals surface area (Å²) in [5, 5.41) is 0. The Bertz CT molecular complexity index is 310. The molecule has 4 nitrogen and oxygen atoms in total. The lowest BCUT2D eigenvalue weighted by Gasteiger charge is -2.22. The summed E-state index contributed by atoms with van der Waals surface area (Å²) < 4.78 is 0. The first-order valence-electron chi connectivity index (χ1n) is 7.52. The molecular formula is C14H25N3O. The van der Waals surface area contributed by atoms with Gasteiger partial charge >= 0.3 is 0 Å². The Morgan fingerprint density at radius 2 is 1.83 bits per heavy atom. The number of hydrogen-bond acceptors (Lipinski definition) is 3. The highest BCUT2D eigenvalue weighted by Crippen LogP contribution is 2.58. The van der Waals surface area contributed by atoms with Crippen molar-refractivity contribution in [2.45, 2.75) is 25.7 Å². The molecule has 18 heavy (non-hydrogen) atoms. The molecule has 0 aromatic carbocycles. The Morgan fingerprint density at radius 3 is 2.56 bits per heavy atom. The van der Waals surface area contributed by atoms with Crippen LogP contribution in [0.1, 0.15) is 25.7 Å². The number of amides is 1. The van der Waals surface area contributed by atoms with E-state index in [0.29, 0.717) is 11.8 Å². The van der Waals surface area contributed by atoms with Crippen LogP contribution in [0.2, 0.25) is 0 Å². The lowest BCUT2D eigenvalue weighted by molar-refractivity contribution is -0.133. The van der Waals surface area contributed by atoms with Crippen molar-refractivity contribution < 1.29 is 4.79 Å². The Kier molecular flexibility index (Phi) is 3.57. The molecule has 3 rings (SSSR count). The number of rotatable bonds is 3. The van der Waals surface area contributed by atoms with Crippen LogP contribution >= 0.6 is 0 Å². The normalized spacial score (nSPS) is 36.3. The summed E-state index contributed by atoms with van der Waals surface area (Å²) in [4.78, 5) is 17.0. The van der Waals surface area contributed by atoms with Crippen molar-refractivity contribution in [2.75, 3.05) is 39.3 Å². The Balaban J connectivity index is 1.52. The van der Waals surface area contributed by atoms with Gasteiger partial charge in [0.1, 0.15) is 0 Å². The summed E-state index contributed by atoms with van der Waals surface area (Å²) in [6.07, 6.45) is 5.06. The van der Waals surface area contributed by atoms with E-state index in [4.69, 9.17) is 5.73 Å². The summed E-state index contributed by atoms with van der Waals surface area (Å²) in [5.74, 6) is 2.36. The second-order valence-corrected chi connectivity index (χ2v) is 6.09. The van der Waals surface area contributed by atoms with Crippen molar-refractivity contribution >= 4 is 5.91 Å². The van der Waals surface area contributed by atoms with E-state index in [9.17, 15) is 4.79 Å². The molecule has 0 aromatic heterocycles. The van der Waals surface area contributed by atoms with Crippen molar-refractivity contribution in [3.8, 4) is 0 Å². The molecule has 2 N–H and O–H groups in total. The zero-order valence-corrected chi connectivity index (χ0v) is 11.2. The van der Waals surface area contributed by atoms with Gasteiger partial charge in [-0.05, 0) is 37.6 Å². The van der Waals surface area contributed by atoms with E-state index in [1.54, 1.807) is 0 Å². The second-order valence-electron chi connectivity index (χ2n) is 6.09. The first-order valence-corrected chi connectivity index (χ1v) is 7.52. The van der Waals surface area contributed by atoms with E-state index in [-0.39, 0.29) is 0 Å². The summed E-state index contributed by atoms with van der Waals surface area (Å²) >= 11 is 0. The highest BCUT2D eigenvalue weighted by Gasteiger charge is 2.57. The van der Waals surface area contributed by atoms with Gasteiger partial charge in [-0.15, -0.1) is 0 Å². The fourth-order valence-electron chi connectivity index (χ4n) is 4.00. The predicted octanol–water partition coefficient (Wildman–Crippen LogP) is 0.525. The maximum absolute atomic E-state index is 12.5. The van der Waals surface area contributed by atoms with Crippen LogP contribution in [0.25, 0.3) is 0 Å². The minimum atomic E-state index is 0.403. The van der Waals surface area contributed by atoms with Gasteiger partial charge in [0.05, 0.1) is 0 Å². The lowest BCUT2D eigenvalue weighted by Crippen LogP contribution is -2.37. The van der Waals surface area contributed by atoms with Crippen LogP contribution in [0, 0.1) is 17.8 Å². The van der Waals surface area contributed by atoms with E-state index in [1.807, 2.05) is 0 Å².